The Balaban J connectivity index is 2.31. The number of nitrogens with zero attached hydrogens (tertiary/aromatic N) is 1. The van der Waals surface area contributed by atoms with Gasteiger partial charge in [0.25, 0.3) is 15.9 Å². The van der Waals surface area contributed by atoms with Crippen molar-refractivity contribution in [3.8, 4) is 0 Å². The Morgan fingerprint density at radius 1 is 1.29 bits per heavy atom. The van der Waals surface area contributed by atoms with Crippen LogP contribution in [0.25, 0.3) is 0 Å². The zero-order chi connectivity index (χ0) is 15.6. The van der Waals surface area contributed by atoms with Crippen LogP contribution in [0.4, 0.5) is 5.69 Å². The number of sulfonamides is 1. The third kappa shape index (κ3) is 3.63. The lowest BCUT2D eigenvalue weighted by molar-refractivity contribution is 0.0827. The molecule has 0 aliphatic heterocycles. The maximum Gasteiger partial charge on any atom is 0.272 e. The number of rotatable bonds is 4. The van der Waals surface area contributed by atoms with Crippen LogP contribution in [0.5, 0.6) is 0 Å². The van der Waals surface area contributed by atoms with Crippen LogP contribution in [-0.4, -0.2) is 33.3 Å². The molecule has 1 aromatic carbocycles. The van der Waals surface area contributed by atoms with E-state index in [0.29, 0.717) is 15.7 Å². The van der Waals surface area contributed by atoms with Gasteiger partial charge in [0.2, 0.25) is 0 Å². The zero-order valence-electron chi connectivity index (χ0n) is 11.3. The van der Waals surface area contributed by atoms with Gasteiger partial charge < -0.3 is 4.90 Å². The van der Waals surface area contributed by atoms with E-state index in [4.69, 9.17) is 0 Å². The summed E-state index contributed by atoms with van der Waals surface area (Å²) in [6, 6.07) is 8.07. The van der Waals surface area contributed by atoms with Crippen molar-refractivity contribution in [3.63, 3.8) is 0 Å². The smallest absolute Gasteiger partial charge is 0.272 e. The van der Waals surface area contributed by atoms with Gasteiger partial charge in [-0.05, 0) is 45.6 Å². The van der Waals surface area contributed by atoms with Gasteiger partial charge in [-0.25, -0.2) is 8.42 Å². The molecule has 0 spiro atoms. The summed E-state index contributed by atoms with van der Waals surface area (Å²) in [5.41, 5.74) is 0.772. The van der Waals surface area contributed by atoms with Gasteiger partial charge in [0.1, 0.15) is 0 Å². The molecular formula is C13H13BrN2O3S2. The van der Waals surface area contributed by atoms with E-state index < -0.39 is 10.0 Å². The Morgan fingerprint density at radius 3 is 2.57 bits per heavy atom. The number of nitrogens with one attached hydrogen (secondary N) is 1. The van der Waals surface area contributed by atoms with Crippen molar-refractivity contribution >= 4 is 48.9 Å². The van der Waals surface area contributed by atoms with E-state index in [9.17, 15) is 13.2 Å². The van der Waals surface area contributed by atoms with Crippen LogP contribution in [-0.2, 0) is 10.0 Å². The summed E-state index contributed by atoms with van der Waals surface area (Å²) in [4.78, 5) is 13.3. The van der Waals surface area contributed by atoms with Crippen LogP contribution in [0.2, 0.25) is 0 Å². The molecule has 21 heavy (non-hydrogen) atoms. The summed E-state index contributed by atoms with van der Waals surface area (Å²) in [5.74, 6) is -0.187. The highest BCUT2D eigenvalue weighted by molar-refractivity contribution is 9.10. The zero-order valence-corrected chi connectivity index (χ0v) is 14.5. The van der Waals surface area contributed by atoms with Crippen molar-refractivity contribution in [3.05, 3.63) is 45.7 Å². The van der Waals surface area contributed by atoms with Crippen LogP contribution in [0, 0.1) is 0 Å². The fourth-order valence-corrected chi connectivity index (χ4v) is 5.04. The van der Waals surface area contributed by atoms with Crippen molar-refractivity contribution in [2.45, 2.75) is 4.21 Å². The minimum atomic E-state index is -3.67. The molecule has 5 nitrogen and oxygen atoms in total. The molecule has 1 heterocycles. The second-order valence-electron chi connectivity index (χ2n) is 4.44. The minimum absolute atomic E-state index is 0.187. The maximum absolute atomic E-state index is 12.3. The summed E-state index contributed by atoms with van der Waals surface area (Å²) in [7, 11) is -0.385. The van der Waals surface area contributed by atoms with Gasteiger partial charge in [-0.1, -0.05) is 6.07 Å². The van der Waals surface area contributed by atoms with Crippen molar-refractivity contribution < 1.29 is 13.2 Å². The SMILES string of the molecule is CN(C)C(=O)c1cccc(NS(=O)(=O)c2sccc2Br)c1. The minimum Gasteiger partial charge on any atom is -0.345 e. The van der Waals surface area contributed by atoms with Crippen LogP contribution >= 0.6 is 27.3 Å². The second kappa shape index (κ2) is 6.17. The number of hydrogen-bond donors (Lipinski definition) is 1. The number of hydrogen-bond acceptors (Lipinski definition) is 4. The molecule has 8 heteroatoms. The Hall–Kier alpha value is -1.38. The molecule has 1 amide bonds. The first-order valence-electron chi connectivity index (χ1n) is 5.89. The third-order valence-electron chi connectivity index (χ3n) is 2.60. The topological polar surface area (TPSA) is 66.5 Å². The van der Waals surface area contributed by atoms with Gasteiger partial charge in [-0.2, -0.15) is 0 Å². The lowest BCUT2D eigenvalue weighted by atomic mass is 10.2. The van der Waals surface area contributed by atoms with E-state index in [0.717, 1.165) is 11.3 Å². The molecule has 0 unspecified atom stereocenters. The Labute approximate surface area is 135 Å². The maximum atomic E-state index is 12.3. The molecule has 0 saturated carbocycles. The normalized spacial score (nSPS) is 11.2. The van der Waals surface area contributed by atoms with E-state index in [1.807, 2.05) is 0 Å². The molecule has 1 N–H and O–H groups in total. The molecule has 0 atom stereocenters. The van der Waals surface area contributed by atoms with Crippen LogP contribution in [0.3, 0.4) is 0 Å². The number of benzene rings is 1. The van der Waals surface area contributed by atoms with Crippen LogP contribution in [0.15, 0.2) is 44.4 Å². The van der Waals surface area contributed by atoms with E-state index >= 15 is 0 Å². The van der Waals surface area contributed by atoms with Gasteiger partial charge in [-0.15, -0.1) is 11.3 Å². The predicted molar refractivity (Wildman–Crippen MR) is 87.3 cm³/mol. The van der Waals surface area contributed by atoms with Gasteiger partial charge in [0.15, 0.2) is 4.21 Å². The lowest BCUT2D eigenvalue weighted by Gasteiger charge is -2.12. The Morgan fingerprint density at radius 2 is 2.00 bits per heavy atom. The molecule has 0 radical (unpaired) electrons. The van der Waals surface area contributed by atoms with E-state index in [1.54, 1.807) is 43.7 Å². The van der Waals surface area contributed by atoms with Crippen molar-refractivity contribution in [2.75, 3.05) is 18.8 Å². The Bertz CT molecular complexity index is 769. The first-order valence-corrected chi connectivity index (χ1v) is 9.04. The first kappa shape index (κ1) is 16.0. The summed E-state index contributed by atoms with van der Waals surface area (Å²) < 4.78 is 27.7. The highest BCUT2D eigenvalue weighted by atomic mass is 79.9. The molecule has 2 rings (SSSR count). The molecule has 2 aromatic rings. The summed E-state index contributed by atoms with van der Waals surface area (Å²) in [6.07, 6.45) is 0. The monoisotopic (exact) mass is 388 g/mol. The first-order chi connectivity index (χ1) is 9.81. The fourth-order valence-electron chi connectivity index (χ4n) is 1.65. The number of amides is 1. The molecule has 1 aromatic heterocycles. The second-order valence-corrected chi connectivity index (χ2v) is 8.09. The van der Waals surface area contributed by atoms with Gasteiger partial charge in [-0.3, -0.25) is 9.52 Å². The molecule has 0 fully saturated rings. The molecule has 0 bridgehead atoms. The fraction of sp³-hybridized carbons (Fsp3) is 0.154. The summed E-state index contributed by atoms with van der Waals surface area (Å²) in [5, 5.41) is 1.69. The number of thiophene rings is 1. The van der Waals surface area contributed by atoms with E-state index in [2.05, 4.69) is 20.7 Å². The summed E-state index contributed by atoms with van der Waals surface area (Å²) >= 11 is 4.32. The number of halogens is 1. The number of anilines is 1. The highest BCUT2D eigenvalue weighted by Crippen LogP contribution is 2.29. The largest absolute Gasteiger partial charge is 0.345 e. The molecule has 0 aliphatic rings. The van der Waals surface area contributed by atoms with E-state index in [-0.39, 0.29) is 10.1 Å². The quantitative estimate of drug-likeness (QED) is 0.874. The van der Waals surface area contributed by atoms with Gasteiger partial charge >= 0.3 is 0 Å². The molecular weight excluding hydrogens is 376 g/mol. The van der Waals surface area contributed by atoms with Crippen molar-refractivity contribution in [1.29, 1.82) is 0 Å². The highest BCUT2D eigenvalue weighted by Gasteiger charge is 2.19. The van der Waals surface area contributed by atoms with Crippen molar-refractivity contribution in [1.82, 2.24) is 4.90 Å². The third-order valence-corrected chi connectivity index (χ3v) is 6.65. The van der Waals surface area contributed by atoms with Crippen LogP contribution < -0.4 is 4.72 Å². The summed E-state index contributed by atoms with van der Waals surface area (Å²) in [6.45, 7) is 0. The van der Waals surface area contributed by atoms with E-state index in [1.165, 1.54) is 11.0 Å². The standard InChI is InChI=1S/C13H13BrN2O3S2/c1-16(2)12(17)9-4-3-5-10(8-9)15-21(18,19)13-11(14)6-7-20-13/h3-8,15H,1-2H3. The average Bonchev–Trinajstić information content (AvgIpc) is 2.84. The lowest BCUT2D eigenvalue weighted by Crippen LogP contribution is -2.21. The van der Waals surface area contributed by atoms with Crippen molar-refractivity contribution in [2.24, 2.45) is 0 Å². The van der Waals surface area contributed by atoms with Crippen LogP contribution in [0.1, 0.15) is 10.4 Å². The Kier molecular flexibility index (Phi) is 4.70. The molecule has 0 aliphatic carbocycles. The van der Waals surface area contributed by atoms with Gasteiger partial charge in [0.05, 0.1) is 0 Å². The number of carbonyl (C=O) groups is 1. The number of carbonyl (C=O) groups excluding carboxylic acids is 1. The molecule has 112 valence electrons. The van der Waals surface area contributed by atoms with Gasteiger partial charge in [0, 0.05) is 29.8 Å². The molecule has 0 saturated heterocycles. The predicted octanol–water partition coefficient (Wildman–Crippen LogP) is 3.01. The average molecular weight is 389 g/mol.